The van der Waals surface area contributed by atoms with Crippen molar-refractivity contribution in [3.05, 3.63) is 96.6 Å². The highest BCUT2D eigenvalue weighted by atomic mass is 28.4. The maximum absolute atomic E-state index is 7.10. The molecule has 0 radical (unpaired) electrons. The summed E-state index contributed by atoms with van der Waals surface area (Å²) in [5.74, 6) is 2.72. The number of benzene rings is 3. The molecule has 4 heteroatoms. The molecule has 3 rings (SSSR count). The van der Waals surface area contributed by atoms with Gasteiger partial charge in [0.05, 0.1) is 19.3 Å². The second-order valence-electron chi connectivity index (χ2n) is 9.52. The molecule has 0 aromatic heterocycles. The van der Waals surface area contributed by atoms with Gasteiger partial charge in [0, 0.05) is 13.5 Å². The van der Waals surface area contributed by atoms with Crippen LogP contribution >= 0.6 is 0 Å². The molecule has 0 aliphatic heterocycles. The summed E-state index contributed by atoms with van der Waals surface area (Å²) in [5.41, 5.74) is 1.12. The molecule has 0 saturated heterocycles. The zero-order valence-electron chi connectivity index (χ0n) is 20.7. The Balaban J connectivity index is 1.94. The molecule has 178 valence electrons. The number of rotatable bonds is 11. The SMILES string of the molecule is C#CC(C[C@H](CO[Si](c1ccccc1)(c1ccccc1)C(C)(C)C)OCc1ccccc1)OC. The van der Waals surface area contributed by atoms with Gasteiger partial charge in [-0.3, -0.25) is 0 Å². The van der Waals surface area contributed by atoms with Crippen LogP contribution in [0.4, 0.5) is 0 Å². The number of ether oxygens (including phenoxy) is 2. The van der Waals surface area contributed by atoms with Crippen LogP contribution < -0.4 is 10.4 Å². The summed E-state index contributed by atoms with van der Waals surface area (Å²) in [5, 5.41) is 2.39. The number of terminal acetylenes is 1. The van der Waals surface area contributed by atoms with E-state index in [4.69, 9.17) is 20.3 Å². The summed E-state index contributed by atoms with van der Waals surface area (Å²) < 4.78 is 19.0. The Morgan fingerprint density at radius 1 is 0.824 bits per heavy atom. The molecular weight excluding hydrogens is 436 g/mol. The van der Waals surface area contributed by atoms with E-state index in [0.717, 1.165) is 5.56 Å². The van der Waals surface area contributed by atoms with Gasteiger partial charge in [-0.05, 0) is 21.0 Å². The van der Waals surface area contributed by atoms with Crippen molar-refractivity contribution < 1.29 is 13.9 Å². The van der Waals surface area contributed by atoms with Crippen molar-refractivity contribution in [2.75, 3.05) is 13.7 Å². The summed E-state index contributed by atoms with van der Waals surface area (Å²) in [7, 11) is -1.02. The van der Waals surface area contributed by atoms with Crippen molar-refractivity contribution in [1.82, 2.24) is 0 Å². The van der Waals surface area contributed by atoms with Gasteiger partial charge in [0.1, 0.15) is 6.10 Å². The van der Waals surface area contributed by atoms with E-state index in [2.05, 4.69) is 99.5 Å². The fourth-order valence-electron chi connectivity index (χ4n) is 4.42. The molecular formula is C30H36O3Si. The number of hydrogen-bond acceptors (Lipinski definition) is 3. The van der Waals surface area contributed by atoms with Crippen LogP contribution in [0.2, 0.25) is 5.04 Å². The van der Waals surface area contributed by atoms with E-state index in [1.54, 1.807) is 7.11 Å². The minimum atomic E-state index is -2.66. The van der Waals surface area contributed by atoms with Crippen LogP contribution in [0.25, 0.3) is 0 Å². The lowest BCUT2D eigenvalue weighted by atomic mass is 10.1. The first kappa shape index (κ1) is 25.9. The first-order valence-corrected chi connectivity index (χ1v) is 13.7. The molecule has 0 spiro atoms. The molecule has 1 unspecified atom stereocenters. The highest BCUT2D eigenvalue weighted by Crippen LogP contribution is 2.37. The Hall–Kier alpha value is -2.68. The van der Waals surface area contributed by atoms with Crippen LogP contribution in [0.1, 0.15) is 32.8 Å². The van der Waals surface area contributed by atoms with Gasteiger partial charge >= 0.3 is 0 Å². The topological polar surface area (TPSA) is 27.7 Å². The van der Waals surface area contributed by atoms with Crippen molar-refractivity contribution in [2.45, 2.75) is 51.0 Å². The monoisotopic (exact) mass is 472 g/mol. The lowest BCUT2D eigenvalue weighted by molar-refractivity contribution is -0.0203. The zero-order valence-corrected chi connectivity index (χ0v) is 21.7. The molecule has 3 aromatic carbocycles. The maximum Gasteiger partial charge on any atom is 0.261 e. The Morgan fingerprint density at radius 3 is 1.76 bits per heavy atom. The minimum Gasteiger partial charge on any atom is -0.405 e. The summed E-state index contributed by atoms with van der Waals surface area (Å²) in [4.78, 5) is 0. The Morgan fingerprint density at radius 2 is 1.32 bits per heavy atom. The fourth-order valence-corrected chi connectivity index (χ4v) is 9.01. The highest BCUT2D eigenvalue weighted by molar-refractivity contribution is 6.99. The molecule has 0 saturated carbocycles. The largest absolute Gasteiger partial charge is 0.405 e. The van der Waals surface area contributed by atoms with Gasteiger partial charge in [-0.15, -0.1) is 6.42 Å². The third-order valence-electron chi connectivity index (χ3n) is 6.18. The van der Waals surface area contributed by atoms with Gasteiger partial charge in [0.15, 0.2) is 0 Å². The molecule has 0 bridgehead atoms. The predicted molar refractivity (Wildman–Crippen MR) is 143 cm³/mol. The normalized spacial score (nSPS) is 13.7. The second-order valence-corrected chi connectivity index (χ2v) is 13.8. The van der Waals surface area contributed by atoms with Crippen LogP contribution in [0.3, 0.4) is 0 Å². The van der Waals surface area contributed by atoms with Crippen LogP contribution in [0, 0.1) is 12.3 Å². The average molecular weight is 473 g/mol. The smallest absolute Gasteiger partial charge is 0.261 e. The van der Waals surface area contributed by atoms with Crippen molar-refractivity contribution in [1.29, 1.82) is 0 Å². The van der Waals surface area contributed by atoms with Crippen LogP contribution in [-0.2, 0) is 20.5 Å². The van der Waals surface area contributed by atoms with Crippen molar-refractivity contribution in [3.63, 3.8) is 0 Å². The van der Waals surface area contributed by atoms with Crippen molar-refractivity contribution in [3.8, 4) is 12.3 Å². The van der Waals surface area contributed by atoms with E-state index in [-0.39, 0.29) is 17.2 Å². The van der Waals surface area contributed by atoms with E-state index in [0.29, 0.717) is 19.6 Å². The molecule has 3 nitrogen and oxygen atoms in total. The number of hydrogen-bond donors (Lipinski definition) is 0. The molecule has 0 aliphatic rings. The standard InChI is InChI=1S/C30H36O3Si/c1-6-26(31-5)22-27(32-23-25-16-10-7-11-17-25)24-33-34(30(2,3)4,28-18-12-8-13-19-28)29-20-14-9-15-21-29/h1,7-21,26-27H,22-24H2,2-5H3/t26?,27-/m1/s1. The van der Waals surface area contributed by atoms with E-state index in [1.807, 2.05) is 18.2 Å². The zero-order chi connectivity index (χ0) is 24.4. The van der Waals surface area contributed by atoms with E-state index in [1.165, 1.54) is 10.4 Å². The molecule has 0 amide bonds. The molecule has 0 fully saturated rings. The van der Waals surface area contributed by atoms with Gasteiger partial charge in [-0.2, -0.15) is 0 Å². The molecule has 0 N–H and O–H groups in total. The van der Waals surface area contributed by atoms with Gasteiger partial charge in [0.25, 0.3) is 8.32 Å². The average Bonchev–Trinajstić information content (AvgIpc) is 2.86. The highest BCUT2D eigenvalue weighted by Gasteiger charge is 2.50. The van der Waals surface area contributed by atoms with Gasteiger partial charge in [-0.25, -0.2) is 0 Å². The minimum absolute atomic E-state index is 0.105. The van der Waals surface area contributed by atoms with Crippen LogP contribution in [-0.4, -0.2) is 34.2 Å². The summed E-state index contributed by atoms with van der Waals surface area (Å²) in [6.45, 7) is 7.76. The van der Waals surface area contributed by atoms with Gasteiger partial charge in [-0.1, -0.05) is 118 Å². The van der Waals surface area contributed by atoms with Crippen molar-refractivity contribution >= 4 is 18.7 Å². The summed E-state index contributed by atoms with van der Waals surface area (Å²) >= 11 is 0. The molecule has 0 aliphatic carbocycles. The molecule has 0 heterocycles. The summed E-state index contributed by atoms with van der Waals surface area (Å²) in [6, 6.07) is 31.5. The number of methoxy groups -OCH3 is 1. The fraction of sp³-hybridized carbons (Fsp3) is 0.333. The molecule has 3 aromatic rings. The van der Waals surface area contributed by atoms with E-state index < -0.39 is 8.32 Å². The Bertz CT molecular complexity index is 984. The lowest BCUT2D eigenvalue weighted by Gasteiger charge is -2.43. The van der Waals surface area contributed by atoms with Gasteiger partial charge in [0.2, 0.25) is 0 Å². The molecule has 2 atom stereocenters. The first-order chi connectivity index (χ1) is 16.4. The second kappa shape index (κ2) is 12.1. The third-order valence-corrected chi connectivity index (χ3v) is 11.2. The van der Waals surface area contributed by atoms with Gasteiger partial charge < -0.3 is 13.9 Å². The first-order valence-electron chi connectivity index (χ1n) is 11.8. The van der Waals surface area contributed by atoms with E-state index in [9.17, 15) is 0 Å². The van der Waals surface area contributed by atoms with E-state index >= 15 is 0 Å². The Labute approximate surface area is 206 Å². The Kier molecular flexibility index (Phi) is 9.26. The van der Waals surface area contributed by atoms with Crippen LogP contribution in [0.5, 0.6) is 0 Å². The maximum atomic E-state index is 7.10. The third kappa shape index (κ3) is 6.25. The predicted octanol–water partition coefficient (Wildman–Crippen LogP) is 5.19. The lowest BCUT2D eigenvalue weighted by Crippen LogP contribution is -2.67. The van der Waals surface area contributed by atoms with Crippen LogP contribution in [0.15, 0.2) is 91.0 Å². The van der Waals surface area contributed by atoms with Crippen molar-refractivity contribution in [2.24, 2.45) is 0 Å². The quantitative estimate of drug-likeness (QED) is 0.284. The summed E-state index contributed by atoms with van der Waals surface area (Å²) in [6.07, 6.45) is 5.74. The molecule has 34 heavy (non-hydrogen) atoms.